The number of aromatic nitrogens is 5. The van der Waals surface area contributed by atoms with Crippen molar-refractivity contribution in [1.29, 1.82) is 0 Å². The predicted molar refractivity (Wildman–Crippen MR) is 98.1 cm³/mol. The van der Waals surface area contributed by atoms with Gasteiger partial charge in [-0.15, -0.1) is 5.10 Å². The minimum atomic E-state index is -1.05. The highest BCUT2D eigenvalue weighted by Gasteiger charge is 2.18. The second kappa shape index (κ2) is 7.77. The lowest BCUT2D eigenvalue weighted by Gasteiger charge is -2.05. The zero-order valence-electron chi connectivity index (χ0n) is 14.0. The van der Waals surface area contributed by atoms with E-state index in [2.05, 4.69) is 20.5 Å². The first-order valence-corrected chi connectivity index (χ1v) is 8.52. The van der Waals surface area contributed by atoms with Crippen LogP contribution in [0.3, 0.4) is 0 Å². The number of benzene rings is 1. The van der Waals surface area contributed by atoms with Crippen molar-refractivity contribution in [3.8, 4) is 0 Å². The predicted octanol–water partition coefficient (Wildman–Crippen LogP) is 2.73. The van der Waals surface area contributed by atoms with E-state index in [-0.39, 0.29) is 11.6 Å². The Kier molecular flexibility index (Phi) is 5.43. The zero-order chi connectivity index (χ0) is 19.6. The molecule has 0 aliphatic carbocycles. The van der Waals surface area contributed by atoms with E-state index in [0.717, 1.165) is 5.56 Å². The van der Waals surface area contributed by atoms with Crippen molar-refractivity contribution in [3.63, 3.8) is 0 Å². The highest BCUT2D eigenvalue weighted by molar-refractivity contribution is 6.35. The molecule has 9 nitrogen and oxygen atoms in total. The summed E-state index contributed by atoms with van der Waals surface area (Å²) < 4.78 is 2.70. The van der Waals surface area contributed by atoms with Crippen molar-refractivity contribution in [1.82, 2.24) is 24.5 Å². The maximum Gasteiger partial charge on any atom is 0.328 e. The van der Waals surface area contributed by atoms with E-state index >= 15 is 0 Å². The molecule has 0 aliphatic rings. The van der Waals surface area contributed by atoms with Crippen molar-refractivity contribution in [2.75, 3.05) is 5.32 Å². The third-order valence-corrected chi connectivity index (χ3v) is 4.29. The van der Waals surface area contributed by atoms with E-state index < -0.39 is 17.9 Å². The molecule has 1 atom stereocenters. The van der Waals surface area contributed by atoms with E-state index in [0.29, 0.717) is 16.6 Å². The number of nitrogens with one attached hydrogen (secondary N) is 1. The second-order valence-corrected chi connectivity index (χ2v) is 6.49. The number of hydrogen-bond donors (Lipinski definition) is 2. The number of hydrogen-bond acceptors (Lipinski definition) is 5. The van der Waals surface area contributed by atoms with Crippen molar-refractivity contribution >= 4 is 41.0 Å². The van der Waals surface area contributed by atoms with Gasteiger partial charge in [0.15, 0.2) is 5.69 Å². The van der Waals surface area contributed by atoms with Gasteiger partial charge < -0.3 is 5.11 Å². The van der Waals surface area contributed by atoms with Crippen LogP contribution in [0.15, 0.2) is 36.8 Å². The van der Waals surface area contributed by atoms with Gasteiger partial charge in [0.2, 0.25) is 5.95 Å². The molecule has 2 N–H and O–H groups in total. The average molecular weight is 409 g/mol. The van der Waals surface area contributed by atoms with Gasteiger partial charge in [0.05, 0.1) is 6.54 Å². The minimum Gasteiger partial charge on any atom is -0.480 e. The Labute approximate surface area is 163 Å². The molecule has 3 aromatic rings. The average Bonchev–Trinajstić information content (AvgIpc) is 3.26. The topological polar surface area (TPSA) is 115 Å². The molecule has 0 fully saturated rings. The second-order valence-electron chi connectivity index (χ2n) is 5.65. The summed E-state index contributed by atoms with van der Waals surface area (Å²) in [5, 5.41) is 20.6. The van der Waals surface area contributed by atoms with Crippen molar-refractivity contribution in [2.45, 2.75) is 19.5 Å². The number of carbonyl (C=O) groups excluding carboxylic acids is 1. The molecule has 140 valence electrons. The van der Waals surface area contributed by atoms with Gasteiger partial charge in [0, 0.05) is 16.2 Å². The number of anilines is 1. The van der Waals surface area contributed by atoms with Crippen LogP contribution in [0.1, 0.15) is 29.0 Å². The Morgan fingerprint density at radius 1 is 1.26 bits per heavy atom. The molecule has 1 unspecified atom stereocenters. The lowest BCUT2D eigenvalue weighted by molar-refractivity contribution is -0.140. The largest absolute Gasteiger partial charge is 0.480 e. The molecule has 0 spiro atoms. The highest BCUT2D eigenvalue weighted by Crippen LogP contribution is 2.21. The summed E-state index contributed by atoms with van der Waals surface area (Å²) in [6.45, 7) is 1.81. The third kappa shape index (κ3) is 4.44. The van der Waals surface area contributed by atoms with E-state index in [4.69, 9.17) is 28.3 Å². The SMILES string of the molecule is CC(C(=O)O)n1ccc(C(=O)Nc2ncn(Cc3ccc(Cl)cc3Cl)n2)n1. The summed E-state index contributed by atoms with van der Waals surface area (Å²) in [6, 6.07) is 5.66. The molecular weight excluding hydrogens is 395 g/mol. The summed E-state index contributed by atoms with van der Waals surface area (Å²) in [4.78, 5) is 27.2. The molecule has 11 heteroatoms. The maximum absolute atomic E-state index is 12.2. The summed E-state index contributed by atoms with van der Waals surface area (Å²) in [6.07, 6.45) is 2.87. The fraction of sp³-hybridized carbons (Fsp3) is 0.188. The Bertz CT molecular complexity index is 1000. The molecule has 27 heavy (non-hydrogen) atoms. The van der Waals surface area contributed by atoms with Crippen molar-refractivity contribution < 1.29 is 14.7 Å². The van der Waals surface area contributed by atoms with Crippen LogP contribution in [0.5, 0.6) is 0 Å². The van der Waals surface area contributed by atoms with Gasteiger partial charge in [-0.1, -0.05) is 29.3 Å². The summed E-state index contributed by atoms with van der Waals surface area (Å²) in [7, 11) is 0. The van der Waals surface area contributed by atoms with Crippen LogP contribution >= 0.6 is 23.2 Å². The normalized spacial score (nSPS) is 12.0. The first-order chi connectivity index (χ1) is 12.8. The number of carboxylic acid groups (broad SMARTS) is 1. The smallest absolute Gasteiger partial charge is 0.328 e. The maximum atomic E-state index is 12.2. The first-order valence-electron chi connectivity index (χ1n) is 7.76. The molecule has 3 rings (SSSR count). The number of halogens is 2. The molecule has 0 bridgehead atoms. The monoisotopic (exact) mass is 408 g/mol. The van der Waals surface area contributed by atoms with Crippen LogP contribution in [0.25, 0.3) is 0 Å². The number of rotatable bonds is 6. The van der Waals surface area contributed by atoms with Crippen LogP contribution in [0.4, 0.5) is 5.95 Å². The van der Waals surface area contributed by atoms with Crippen LogP contribution in [-0.4, -0.2) is 41.5 Å². The van der Waals surface area contributed by atoms with Crippen LogP contribution in [0.2, 0.25) is 10.0 Å². The molecule has 0 saturated carbocycles. The fourth-order valence-corrected chi connectivity index (χ4v) is 2.67. The van der Waals surface area contributed by atoms with Gasteiger partial charge in [-0.2, -0.15) is 5.10 Å². The Morgan fingerprint density at radius 2 is 2.04 bits per heavy atom. The Balaban J connectivity index is 1.67. The highest BCUT2D eigenvalue weighted by atomic mass is 35.5. The molecule has 2 aromatic heterocycles. The van der Waals surface area contributed by atoms with Gasteiger partial charge in [0.25, 0.3) is 5.91 Å². The van der Waals surface area contributed by atoms with Crippen molar-refractivity contribution in [2.24, 2.45) is 0 Å². The van der Waals surface area contributed by atoms with Crippen LogP contribution < -0.4 is 5.32 Å². The number of carboxylic acids is 1. The standard InChI is InChI=1S/C16H14Cl2N6O3/c1-9(15(26)27)24-5-4-13(21-24)14(25)20-16-19-8-23(22-16)7-10-2-3-11(17)6-12(10)18/h2-6,8-9H,7H2,1H3,(H,26,27)(H,20,22,25). The Morgan fingerprint density at radius 3 is 2.74 bits per heavy atom. The lowest BCUT2D eigenvalue weighted by atomic mass is 10.2. The minimum absolute atomic E-state index is 0.0557. The molecule has 1 amide bonds. The number of nitrogens with zero attached hydrogens (tertiary/aromatic N) is 5. The van der Waals surface area contributed by atoms with Gasteiger partial charge in [-0.3, -0.25) is 14.8 Å². The lowest BCUT2D eigenvalue weighted by Crippen LogP contribution is -2.18. The van der Waals surface area contributed by atoms with Gasteiger partial charge >= 0.3 is 5.97 Å². The van der Waals surface area contributed by atoms with E-state index in [1.165, 1.54) is 34.9 Å². The molecule has 2 heterocycles. The molecule has 0 radical (unpaired) electrons. The van der Waals surface area contributed by atoms with E-state index in [9.17, 15) is 9.59 Å². The number of aliphatic carboxylic acids is 1. The number of carbonyl (C=O) groups is 2. The van der Waals surface area contributed by atoms with Crippen LogP contribution in [-0.2, 0) is 11.3 Å². The third-order valence-electron chi connectivity index (χ3n) is 3.70. The summed E-state index contributed by atoms with van der Waals surface area (Å²) >= 11 is 12.0. The Hall–Kier alpha value is -2.91. The quantitative estimate of drug-likeness (QED) is 0.647. The molecule has 1 aromatic carbocycles. The summed E-state index contributed by atoms with van der Waals surface area (Å²) in [5.41, 5.74) is 0.852. The van der Waals surface area contributed by atoms with Gasteiger partial charge in [0.1, 0.15) is 12.4 Å². The molecule has 0 aliphatic heterocycles. The zero-order valence-corrected chi connectivity index (χ0v) is 15.5. The van der Waals surface area contributed by atoms with E-state index in [1.807, 2.05) is 0 Å². The van der Waals surface area contributed by atoms with E-state index in [1.54, 1.807) is 18.2 Å². The van der Waals surface area contributed by atoms with Gasteiger partial charge in [-0.05, 0) is 30.7 Å². The number of amides is 1. The molecule has 0 saturated heterocycles. The summed E-state index contributed by atoms with van der Waals surface area (Å²) in [5.74, 6) is -1.51. The van der Waals surface area contributed by atoms with Crippen molar-refractivity contribution in [3.05, 3.63) is 58.1 Å². The van der Waals surface area contributed by atoms with Gasteiger partial charge in [-0.25, -0.2) is 14.5 Å². The fourth-order valence-electron chi connectivity index (χ4n) is 2.21. The first kappa shape index (κ1) is 18.9. The molecular formula is C16H14Cl2N6O3. The van der Waals surface area contributed by atoms with Crippen LogP contribution in [0, 0.1) is 0 Å².